The Balaban J connectivity index is 2.32. The lowest BCUT2D eigenvalue weighted by molar-refractivity contribution is 0.835. The molecule has 0 aromatic heterocycles. The van der Waals surface area contributed by atoms with Crippen molar-refractivity contribution in [2.75, 3.05) is 0 Å². The molecule has 2 rings (SSSR count). The van der Waals surface area contributed by atoms with Gasteiger partial charge in [0, 0.05) is 0 Å². The molecule has 0 radical (unpaired) electrons. The molecule has 1 nitrogen and oxygen atoms in total. The summed E-state index contributed by atoms with van der Waals surface area (Å²) in [6.07, 6.45) is 0.789. The number of aryl methyl sites for hydroxylation is 4. The maximum atomic E-state index is 9.50. The Morgan fingerprint density at radius 3 is 1.95 bits per heavy atom. The van der Waals surface area contributed by atoms with Gasteiger partial charge in [0.15, 0.2) is 0 Å². The van der Waals surface area contributed by atoms with E-state index in [1.807, 2.05) is 0 Å². The van der Waals surface area contributed by atoms with Gasteiger partial charge in [-0.15, -0.1) is 0 Å². The van der Waals surface area contributed by atoms with Crippen molar-refractivity contribution in [1.29, 1.82) is 5.26 Å². The highest BCUT2D eigenvalue weighted by atomic mass is 14.3. The van der Waals surface area contributed by atoms with Gasteiger partial charge >= 0.3 is 0 Å². The van der Waals surface area contributed by atoms with Crippen LogP contribution in [-0.4, -0.2) is 0 Å². The summed E-state index contributed by atoms with van der Waals surface area (Å²) in [4.78, 5) is 0. The van der Waals surface area contributed by atoms with Gasteiger partial charge in [0.25, 0.3) is 0 Å². The quantitative estimate of drug-likeness (QED) is 0.782. The molecule has 1 unspecified atom stereocenters. The molecule has 0 aliphatic rings. The van der Waals surface area contributed by atoms with Crippen molar-refractivity contribution in [3.8, 4) is 6.07 Å². The van der Waals surface area contributed by atoms with Crippen molar-refractivity contribution >= 4 is 0 Å². The van der Waals surface area contributed by atoms with E-state index in [4.69, 9.17) is 0 Å². The van der Waals surface area contributed by atoms with E-state index in [1.54, 1.807) is 0 Å². The van der Waals surface area contributed by atoms with Gasteiger partial charge in [0.05, 0.1) is 12.0 Å². The molecular weight excluding hydrogens is 242 g/mol. The van der Waals surface area contributed by atoms with Crippen LogP contribution in [-0.2, 0) is 6.42 Å². The fourth-order valence-corrected chi connectivity index (χ4v) is 2.77. The third kappa shape index (κ3) is 3.08. The number of rotatable bonds is 3. The lowest BCUT2D eigenvalue weighted by Gasteiger charge is -2.15. The van der Waals surface area contributed by atoms with E-state index in [-0.39, 0.29) is 5.92 Å². The second-order valence-corrected chi connectivity index (χ2v) is 5.67. The summed E-state index contributed by atoms with van der Waals surface area (Å²) in [6, 6.07) is 15.2. The summed E-state index contributed by atoms with van der Waals surface area (Å²) in [5.74, 6) is -0.0734. The molecule has 2 aromatic carbocycles. The smallest absolute Gasteiger partial charge is 0.0753 e. The third-order valence-corrected chi connectivity index (χ3v) is 3.88. The average molecular weight is 263 g/mol. The fraction of sp³-hybridized carbons (Fsp3) is 0.316. The zero-order chi connectivity index (χ0) is 14.7. The molecule has 0 N–H and O–H groups in total. The SMILES string of the molecule is Cc1ccc(C(C#N)Cc2c(C)cc(C)cc2C)cc1. The van der Waals surface area contributed by atoms with Crippen LogP contribution in [0.4, 0.5) is 0 Å². The highest BCUT2D eigenvalue weighted by Gasteiger charge is 2.14. The van der Waals surface area contributed by atoms with Crippen LogP contribution >= 0.6 is 0 Å². The Morgan fingerprint density at radius 1 is 0.900 bits per heavy atom. The van der Waals surface area contributed by atoms with Crippen LogP contribution in [0.15, 0.2) is 36.4 Å². The normalized spacial score (nSPS) is 11.9. The Labute approximate surface area is 121 Å². The zero-order valence-electron chi connectivity index (χ0n) is 12.7. The first-order valence-electron chi connectivity index (χ1n) is 7.04. The van der Waals surface area contributed by atoms with Gasteiger partial charge in [-0.05, 0) is 56.4 Å². The van der Waals surface area contributed by atoms with Crippen LogP contribution in [0.5, 0.6) is 0 Å². The van der Waals surface area contributed by atoms with Crippen molar-refractivity contribution in [3.05, 3.63) is 69.8 Å². The minimum absolute atomic E-state index is 0.0734. The van der Waals surface area contributed by atoms with Crippen LogP contribution in [0.25, 0.3) is 0 Å². The minimum Gasteiger partial charge on any atom is -0.198 e. The first-order valence-corrected chi connectivity index (χ1v) is 7.04. The van der Waals surface area contributed by atoms with Crippen molar-refractivity contribution in [3.63, 3.8) is 0 Å². The molecule has 0 fully saturated rings. The van der Waals surface area contributed by atoms with E-state index in [0.717, 1.165) is 12.0 Å². The molecule has 0 amide bonds. The summed E-state index contributed by atoms with van der Waals surface area (Å²) >= 11 is 0. The van der Waals surface area contributed by atoms with E-state index in [1.165, 1.54) is 27.8 Å². The first kappa shape index (κ1) is 14.3. The number of hydrogen-bond donors (Lipinski definition) is 0. The van der Waals surface area contributed by atoms with Crippen molar-refractivity contribution in [2.45, 2.75) is 40.0 Å². The second kappa shape index (κ2) is 5.92. The van der Waals surface area contributed by atoms with E-state index in [2.05, 4.69) is 70.2 Å². The molecule has 0 saturated carbocycles. The molecule has 0 spiro atoms. The molecule has 0 bridgehead atoms. The van der Waals surface area contributed by atoms with E-state index < -0.39 is 0 Å². The van der Waals surface area contributed by atoms with Crippen LogP contribution in [0.1, 0.15) is 39.3 Å². The van der Waals surface area contributed by atoms with Crippen LogP contribution in [0.2, 0.25) is 0 Å². The van der Waals surface area contributed by atoms with Gasteiger partial charge in [-0.25, -0.2) is 0 Å². The Morgan fingerprint density at radius 2 is 1.45 bits per heavy atom. The zero-order valence-corrected chi connectivity index (χ0v) is 12.7. The van der Waals surface area contributed by atoms with Gasteiger partial charge in [0.1, 0.15) is 0 Å². The summed E-state index contributed by atoms with van der Waals surface area (Å²) < 4.78 is 0. The molecule has 1 heteroatoms. The van der Waals surface area contributed by atoms with Crippen LogP contribution < -0.4 is 0 Å². The topological polar surface area (TPSA) is 23.8 Å². The van der Waals surface area contributed by atoms with Crippen molar-refractivity contribution in [1.82, 2.24) is 0 Å². The number of hydrogen-bond acceptors (Lipinski definition) is 1. The summed E-state index contributed by atoms with van der Waals surface area (Å²) in [5.41, 5.74) is 7.51. The van der Waals surface area contributed by atoms with E-state index in [0.29, 0.717) is 0 Å². The molecule has 0 saturated heterocycles. The first-order chi connectivity index (χ1) is 9.51. The number of benzene rings is 2. The van der Waals surface area contributed by atoms with Gasteiger partial charge in [0.2, 0.25) is 0 Å². The predicted octanol–water partition coefficient (Wildman–Crippen LogP) is 4.77. The standard InChI is InChI=1S/C19H21N/c1-13-5-7-17(8-6-13)18(12-20)11-19-15(3)9-14(2)10-16(19)4/h5-10,18H,11H2,1-4H3. The second-order valence-electron chi connectivity index (χ2n) is 5.67. The van der Waals surface area contributed by atoms with Gasteiger partial charge < -0.3 is 0 Å². The molecule has 0 heterocycles. The maximum absolute atomic E-state index is 9.50. The predicted molar refractivity (Wildman–Crippen MR) is 83.9 cm³/mol. The Kier molecular flexibility index (Phi) is 4.25. The Bertz CT molecular complexity index is 621. The summed E-state index contributed by atoms with van der Waals surface area (Å²) in [7, 11) is 0. The minimum atomic E-state index is -0.0734. The molecular formula is C19H21N. The molecule has 1 atom stereocenters. The molecule has 2 aromatic rings. The highest BCUT2D eigenvalue weighted by Crippen LogP contribution is 2.25. The van der Waals surface area contributed by atoms with Gasteiger partial charge in [-0.3, -0.25) is 0 Å². The highest BCUT2D eigenvalue weighted by molar-refractivity contribution is 5.40. The molecule has 102 valence electrons. The average Bonchev–Trinajstić information content (AvgIpc) is 2.39. The molecule has 0 aliphatic heterocycles. The van der Waals surface area contributed by atoms with Crippen LogP contribution in [0, 0.1) is 39.0 Å². The summed E-state index contributed by atoms with van der Waals surface area (Å²) in [5, 5.41) is 9.50. The maximum Gasteiger partial charge on any atom is 0.0753 e. The van der Waals surface area contributed by atoms with Crippen molar-refractivity contribution < 1.29 is 0 Å². The van der Waals surface area contributed by atoms with Gasteiger partial charge in [-0.1, -0.05) is 47.5 Å². The lowest BCUT2D eigenvalue weighted by atomic mass is 9.88. The van der Waals surface area contributed by atoms with E-state index >= 15 is 0 Å². The third-order valence-electron chi connectivity index (χ3n) is 3.88. The largest absolute Gasteiger partial charge is 0.198 e. The fourth-order valence-electron chi connectivity index (χ4n) is 2.77. The molecule has 0 aliphatic carbocycles. The Hall–Kier alpha value is -2.07. The monoisotopic (exact) mass is 263 g/mol. The van der Waals surface area contributed by atoms with Gasteiger partial charge in [-0.2, -0.15) is 5.26 Å². The lowest BCUT2D eigenvalue weighted by Crippen LogP contribution is -2.04. The number of nitrogens with zero attached hydrogens (tertiary/aromatic N) is 1. The van der Waals surface area contributed by atoms with Crippen LogP contribution in [0.3, 0.4) is 0 Å². The molecule has 20 heavy (non-hydrogen) atoms. The van der Waals surface area contributed by atoms with Crippen molar-refractivity contribution in [2.24, 2.45) is 0 Å². The summed E-state index contributed by atoms with van der Waals surface area (Å²) in [6.45, 7) is 8.46. The van der Waals surface area contributed by atoms with E-state index in [9.17, 15) is 5.26 Å². The number of nitriles is 1.